The molecule has 33 heavy (non-hydrogen) atoms. The van der Waals surface area contributed by atoms with Crippen LogP contribution >= 0.6 is 11.3 Å². The molecule has 1 amide bonds. The Morgan fingerprint density at radius 3 is 2.39 bits per heavy atom. The molecule has 164 valence electrons. The van der Waals surface area contributed by atoms with E-state index in [9.17, 15) is 14.7 Å². The molecule has 0 aliphatic carbocycles. The van der Waals surface area contributed by atoms with Crippen LogP contribution in [0.25, 0.3) is 16.5 Å². The molecule has 1 aromatic heterocycles. The lowest BCUT2D eigenvalue weighted by Gasteiger charge is -2.25. The molecule has 0 spiro atoms. The monoisotopic (exact) mass is 455 g/mol. The normalized spacial score (nSPS) is 17.6. The second-order valence-electron chi connectivity index (χ2n) is 7.86. The van der Waals surface area contributed by atoms with Crippen molar-refractivity contribution in [2.75, 3.05) is 12.0 Å². The van der Waals surface area contributed by atoms with Gasteiger partial charge in [-0.2, -0.15) is 0 Å². The minimum atomic E-state index is -0.725. The van der Waals surface area contributed by atoms with Crippen molar-refractivity contribution in [2.24, 2.45) is 0 Å². The van der Waals surface area contributed by atoms with Gasteiger partial charge in [0.25, 0.3) is 11.7 Å². The first kappa shape index (κ1) is 21.0. The van der Waals surface area contributed by atoms with Gasteiger partial charge in [0.1, 0.15) is 17.6 Å². The number of ketones is 1. The van der Waals surface area contributed by atoms with Crippen molar-refractivity contribution in [1.82, 2.24) is 0 Å². The van der Waals surface area contributed by atoms with Gasteiger partial charge in [0.2, 0.25) is 0 Å². The van der Waals surface area contributed by atoms with Gasteiger partial charge >= 0.3 is 0 Å². The first-order chi connectivity index (χ1) is 16.0. The average Bonchev–Trinajstić information content (AvgIpc) is 3.38. The van der Waals surface area contributed by atoms with Crippen molar-refractivity contribution in [3.8, 4) is 5.75 Å². The van der Waals surface area contributed by atoms with Gasteiger partial charge in [-0.3, -0.25) is 14.5 Å². The zero-order valence-corrected chi connectivity index (χ0v) is 18.9. The summed E-state index contributed by atoms with van der Waals surface area (Å²) in [6, 6.07) is 21.4. The van der Waals surface area contributed by atoms with Gasteiger partial charge in [-0.15, -0.1) is 11.3 Å². The minimum absolute atomic E-state index is 0.0951. The number of ether oxygens (including phenoxy) is 1. The fourth-order valence-corrected chi connectivity index (χ4v) is 5.36. The third kappa shape index (κ3) is 3.39. The zero-order chi connectivity index (χ0) is 23.1. The molecule has 2 heterocycles. The number of aliphatic hydroxyl groups excluding tert-OH is 1. The van der Waals surface area contributed by atoms with Crippen LogP contribution in [-0.4, -0.2) is 23.9 Å². The maximum absolute atomic E-state index is 13.4. The molecule has 5 nitrogen and oxygen atoms in total. The summed E-state index contributed by atoms with van der Waals surface area (Å²) in [6.45, 7) is 1.94. The molecule has 4 aromatic rings. The number of amides is 1. The lowest BCUT2D eigenvalue weighted by Crippen LogP contribution is -2.29. The number of hydrogen-bond donors (Lipinski definition) is 1. The molecule has 0 saturated carbocycles. The number of carbonyl (C=O) groups is 2. The van der Waals surface area contributed by atoms with E-state index in [0.29, 0.717) is 17.0 Å². The smallest absolute Gasteiger partial charge is 0.300 e. The Morgan fingerprint density at radius 1 is 0.970 bits per heavy atom. The lowest BCUT2D eigenvalue weighted by molar-refractivity contribution is -0.132. The summed E-state index contributed by atoms with van der Waals surface area (Å²) in [4.78, 5) is 29.0. The molecule has 1 N–H and O–H groups in total. The van der Waals surface area contributed by atoms with Crippen LogP contribution in [0.5, 0.6) is 5.75 Å². The molecule has 1 atom stereocenters. The molecule has 1 saturated heterocycles. The Kier molecular flexibility index (Phi) is 5.23. The van der Waals surface area contributed by atoms with E-state index in [-0.39, 0.29) is 11.3 Å². The van der Waals surface area contributed by atoms with Gasteiger partial charge in [-0.1, -0.05) is 42.5 Å². The van der Waals surface area contributed by atoms with Gasteiger partial charge in [-0.25, -0.2) is 0 Å². The van der Waals surface area contributed by atoms with E-state index in [0.717, 1.165) is 21.2 Å². The van der Waals surface area contributed by atoms with E-state index in [4.69, 9.17) is 4.74 Å². The van der Waals surface area contributed by atoms with Crippen LogP contribution in [-0.2, 0) is 9.59 Å². The molecule has 1 aliphatic rings. The fourth-order valence-electron chi connectivity index (χ4n) is 4.33. The van der Waals surface area contributed by atoms with Gasteiger partial charge in [0.15, 0.2) is 0 Å². The van der Waals surface area contributed by atoms with Gasteiger partial charge < -0.3 is 9.84 Å². The Balaban J connectivity index is 1.75. The van der Waals surface area contributed by atoms with E-state index >= 15 is 0 Å². The summed E-state index contributed by atoms with van der Waals surface area (Å²) in [7, 11) is 1.57. The highest BCUT2D eigenvalue weighted by atomic mass is 32.1. The number of methoxy groups -OCH3 is 1. The lowest BCUT2D eigenvalue weighted by atomic mass is 9.95. The van der Waals surface area contributed by atoms with Gasteiger partial charge in [0.05, 0.1) is 12.7 Å². The average molecular weight is 456 g/mol. The predicted octanol–water partition coefficient (Wildman–Crippen LogP) is 5.84. The van der Waals surface area contributed by atoms with Gasteiger partial charge in [-0.05, 0) is 59.0 Å². The Labute approximate surface area is 195 Å². The number of carbonyl (C=O) groups excluding carboxylic acids is 2. The summed E-state index contributed by atoms with van der Waals surface area (Å²) < 4.78 is 5.24. The number of Topliss-reactive ketones (excluding diaryl/α,β-unsaturated/α-hetero) is 1. The Hall–Kier alpha value is -3.90. The molecule has 6 heteroatoms. The number of anilines is 1. The number of benzene rings is 3. The summed E-state index contributed by atoms with van der Waals surface area (Å²) in [5, 5.41) is 15.2. The number of aryl methyl sites for hydroxylation is 1. The SMILES string of the molecule is COc1ccc(N2C(=O)C(=O)/C(=C(/O)c3cccc4ccccc34)C2c2sccc2C)cc1. The maximum Gasteiger partial charge on any atom is 0.300 e. The Morgan fingerprint density at radius 2 is 1.70 bits per heavy atom. The van der Waals surface area contributed by atoms with E-state index < -0.39 is 17.7 Å². The van der Waals surface area contributed by atoms with E-state index in [1.165, 1.54) is 16.2 Å². The molecule has 1 fully saturated rings. The van der Waals surface area contributed by atoms with Crippen LogP contribution < -0.4 is 9.64 Å². The fraction of sp³-hybridized carbons (Fsp3) is 0.111. The largest absolute Gasteiger partial charge is 0.507 e. The minimum Gasteiger partial charge on any atom is -0.507 e. The van der Waals surface area contributed by atoms with Crippen molar-refractivity contribution in [2.45, 2.75) is 13.0 Å². The van der Waals surface area contributed by atoms with Crippen molar-refractivity contribution >= 4 is 45.2 Å². The summed E-state index contributed by atoms with van der Waals surface area (Å²) in [6.07, 6.45) is 0. The topological polar surface area (TPSA) is 66.8 Å². The number of rotatable bonds is 4. The van der Waals surface area contributed by atoms with E-state index in [2.05, 4.69) is 0 Å². The third-order valence-electron chi connectivity index (χ3n) is 5.99. The van der Waals surface area contributed by atoms with Gasteiger partial charge in [0, 0.05) is 16.1 Å². The molecule has 3 aromatic carbocycles. The maximum atomic E-state index is 13.4. The van der Waals surface area contributed by atoms with Crippen molar-refractivity contribution in [1.29, 1.82) is 0 Å². The van der Waals surface area contributed by atoms with Crippen molar-refractivity contribution < 1.29 is 19.4 Å². The van der Waals surface area contributed by atoms with Crippen LogP contribution in [0.15, 0.2) is 83.7 Å². The molecular formula is C27H21NO4S. The predicted molar refractivity (Wildman–Crippen MR) is 131 cm³/mol. The van der Waals surface area contributed by atoms with Crippen LogP contribution in [0.2, 0.25) is 0 Å². The Bertz CT molecular complexity index is 1410. The number of hydrogen-bond acceptors (Lipinski definition) is 5. The molecule has 0 radical (unpaired) electrons. The second-order valence-corrected chi connectivity index (χ2v) is 8.81. The first-order valence-corrected chi connectivity index (χ1v) is 11.4. The number of nitrogens with zero attached hydrogens (tertiary/aromatic N) is 1. The highest BCUT2D eigenvalue weighted by Gasteiger charge is 2.48. The van der Waals surface area contributed by atoms with Crippen LogP contribution in [0.1, 0.15) is 22.0 Å². The standard InChI is InChI=1S/C27H21NO4S/c1-16-14-15-33-26(16)23-22(24(29)21-9-5-7-17-6-3-4-8-20(17)21)25(30)27(31)28(23)18-10-12-19(32-2)13-11-18/h3-15,23,29H,1-2H3/b24-22+. The van der Waals surface area contributed by atoms with Crippen molar-refractivity contribution in [3.05, 3.63) is 99.8 Å². The van der Waals surface area contributed by atoms with E-state index in [1.54, 1.807) is 37.4 Å². The molecule has 5 rings (SSSR count). The quantitative estimate of drug-likeness (QED) is 0.238. The first-order valence-electron chi connectivity index (χ1n) is 10.5. The molecule has 1 unspecified atom stereocenters. The molecular weight excluding hydrogens is 434 g/mol. The summed E-state index contributed by atoms with van der Waals surface area (Å²) >= 11 is 1.46. The van der Waals surface area contributed by atoms with Crippen LogP contribution in [0.4, 0.5) is 5.69 Å². The number of fused-ring (bicyclic) bond motifs is 1. The zero-order valence-electron chi connectivity index (χ0n) is 18.1. The summed E-state index contributed by atoms with van der Waals surface area (Å²) in [5.74, 6) is -0.886. The number of thiophene rings is 1. The second kappa shape index (κ2) is 8.22. The van der Waals surface area contributed by atoms with Crippen LogP contribution in [0.3, 0.4) is 0 Å². The van der Waals surface area contributed by atoms with Crippen LogP contribution in [0, 0.1) is 6.92 Å². The highest BCUT2D eigenvalue weighted by molar-refractivity contribution is 7.10. The molecule has 1 aliphatic heterocycles. The molecule has 0 bridgehead atoms. The summed E-state index contributed by atoms with van der Waals surface area (Å²) in [5.41, 5.74) is 2.14. The highest BCUT2D eigenvalue weighted by Crippen LogP contribution is 2.45. The third-order valence-corrected chi connectivity index (χ3v) is 7.06. The van der Waals surface area contributed by atoms with E-state index in [1.807, 2.05) is 54.8 Å². The van der Waals surface area contributed by atoms with Crippen molar-refractivity contribution in [3.63, 3.8) is 0 Å². The number of aliphatic hydroxyl groups is 1.